The molecule has 0 radical (unpaired) electrons. The minimum Gasteiger partial charge on any atom is -0.246 e. The van der Waals surface area contributed by atoms with E-state index in [9.17, 15) is 18.0 Å². The Labute approximate surface area is 174 Å². The molecule has 0 saturated heterocycles. The van der Waals surface area contributed by atoms with E-state index < -0.39 is 32.8 Å². The van der Waals surface area contributed by atoms with Crippen molar-refractivity contribution in [2.45, 2.75) is 52.0 Å². The Kier molecular flexibility index (Phi) is 5.39. The van der Waals surface area contributed by atoms with E-state index in [1.807, 2.05) is 13.8 Å². The number of amides is 3. The summed E-state index contributed by atoms with van der Waals surface area (Å²) in [5, 5.41) is -0.106. The fourth-order valence-electron chi connectivity index (χ4n) is 3.25. The second-order valence-electron chi connectivity index (χ2n) is 8.16. The summed E-state index contributed by atoms with van der Waals surface area (Å²) < 4.78 is 29.5. The molecule has 1 aromatic rings. The molecule has 29 heavy (non-hydrogen) atoms. The Morgan fingerprint density at radius 3 is 2.48 bits per heavy atom. The topological polar surface area (TPSA) is 99.4 Å². The SMILES string of the molecule is Cc1nc(C)c(C[N+]2=C3C=CC(S(=O)(=O)NC(C)(C)C)C=C3C(=O)N(C)C2=O)s1. The summed E-state index contributed by atoms with van der Waals surface area (Å²) in [7, 11) is -2.34. The number of aromatic nitrogens is 1. The maximum atomic E-state index is 12.8. The Bertz CT molecular complexity index is 1090. The number of imide groups is 1. The van der Waals surface area contributed by atoms with Crippen LogP contribution in [0.15, 0.2) is 23.8 Å². The highest BCUT2D eigenvalue weighted by Gasteiger charge is 2.44. The fraction of sp³-hybridized carbons (Fsp3) is 0.474. The largest absolute Gasteiger partial charge is 0.501 e. The van der Waals surface area contributed by atoms with Gasteiger partial charge in [-0.25, -0.2) is 22.9 Å². The maximum Gasteiger partial charge on any atom is 0.501 e. The van der Waals surface area contributed by atoms with Crippen LogP contribution in [0.1, 0.15) is 36.3 Å². The fourth-order valence-corrected chi connectivity index (χ4v) is 5.77. The molecule has 0 bridgehead atoms. The number of fused-ring (bicyclic) bond motifs is 1. The van der Waals surface area contributed by atoms with Gasteiger partial charge in [0.2, 0.25) is 10.0 Å². The van der Waals surface area contributed by atoms with Crippen molar-refractivity contribution in [1.29, 1.82) is 0 Å². The number of sulfonamides is 1. The Morgan fingerprint density at radius 2 is 1.93 bits per heavy atom. The van der Waals surface area contributed by atoms with Gasteiger partial charge in [0.25, 0.3) is 0 Å². The van der Waals surface area contributed by atoms with E-state index in [4.69, 9.17) is 0 Å². The maximum absolute atomic E-state index is 12.8. The zero-order valence-electron chi connectivity index (χ0n) is 17.3. The lowest BCUT2D eigenvalue weighted by Gasteiger charge is -2.26. The van der Waals surface area contributed by atoms with Crippen molar-refractivity contribution < 1.29 is 22.6 Å². The molecule has 3 amide bonds. The van der Waals surface area contributed by atoms with E-state index >= 15 is 0 Å². The minimum atomic E-state index is -3.73. The van der Waals surface area contributed by atoms with E-state index in [2.05, 4.69) is 9.71 Å². The molecule has 1 N–H and O–H groups in total. The van der Waals surface area contributed by atoms with Gasteiger partial charge in [-0.2, -0.15) is 14.3 Å². The van der Waals surface area contributed by atoms with Gasteiger partial charge >= 0.3 is 11.9 Å². The van der Waals surface area contributed by atoms with Gasteiger partial charge < -0.3 is 0 Å². The first-order chi connectivity index (χ1) is 13.3. The van der Waals surface area contributed by atoms with Crippen LogP contribution in [0.2, 0.25) is 0 Å². The Balaban J connectivity index is 2.06. The monoisotopic (exact) mass is 437 g/mol. The van der Waals surface area contributed by atoms with Gasteiger partial charge in [0.15, 0.2) is 0 Å². The molecule has 3 rings (SSSR count). The lowest BCUT2D eigenvalue weighted by molar-refractivity contribution is -0.451. The number of aryl methyl sites for hydroxylation is 2. The molecule has 1 aromatic heterocycles. The van der Waals surface area contributed by atoms with E-state index in [0.717, 1.165) is 20.5 Å². The van der Waals surface area contributed by atoms with Crippen molar-refractivity contribution in [1.82, 2.24) is 14.6 Å². The predicted octanol–water partition coefficient (Wildman–Crippen LogP) is 1.89. The molecule has 1 unspecified atom stereocenters. The quantitative estimate of drug-likeness (QED) is 0.725. The number of allylic oxidation sites excluding steroid dienone is 1. The summed E-state index contributed by atoms with van der Waals surface area (Å²) in [6.45, 7) is 9.29. The number of nitrogens with one attached hydrogen (secondary N) is 1. The summed E-state index contributed by atoms with van der Waals surface area (Å²) >= 11 is 1.49. The molecule has 10 heteroatoms. The first-order valence-electron chi connectivity index (χ1n) is 9.13. The van der Waals surface area contributed by atoms with Crippen molar-refractivity contribution >= 4 is 39.0 Å². The summed E-state index contributed by atoms with van der Waals surface area (Å²) in [6, 6.07) is -0.452. The summed E-state index contributed by atoms with van der Waals surface area (Å²) in [5.41, 5.74) is 0.802. The molecular weight excluding hydrogens is 412 g/mol. The second-order valence-corrected chi connectivity index (χ2v) is 11.3. The van der Waals surface area contributed by atoms with Crippen LogP contribution in [0, 0.1) is 13.8 Å². The molecule has 1 aliphatic heterocycles. The summed E-state index contributed by atoms with van der Waals surface area (Å²) in [6.07, 6.45) is 4.46. The third-order valence-corrected chi connectivity index (χ3v) is 7.47. The molecule has 1 aliphatic carbocycles. The number of thiazole rings is 1. The van der Waals surface area contributed by atoms with Crippen LogP contribution in [0.3, 0.4) is 0 Å². The van der Waals surface area contributed by atoms with Crippen molar-refractivity contribution in [3.8, 4) is 0 Å². The number of urea groups is 1. The van der Waals surface area contributed by atoms with Crippen LogP contribution in [0.4, 0.5) is 4.79 Å². The molecule has 0 spiro atoms. The van der Waals surface area contributed by atoms with E-state index in [1.54, 1.807) is 26.8 Å². The first kappa shape index (κ1) is 21.5. The van der Waals surface area contributed by atoms with Gasteiger partial charge in [-0.15, -0.1) is 11.3 Å². The number of carbonyl (C=O) groups excluding carboxylic acids is 2. The molecule has 0 saturated carbocycles. The molecule has 0 fully saturated rings. The molecular formula is C19H25N4O4S2+. The number of likely N-dealkylation sites (N-methyl/N-ethyl adjacent to an activating group) is 1. The molecule has 1 atom stereocenters. The van der Waals surface area contributed by atoms with Gasteiger partial charge in [0.05, 0.1) is 22.6 Å². The lowest BCUT2D eigenvalue weighted by Crippen LogP contribution is -2.50. The third kappa shape index (κ3) is 4.24. The number of carbonyl (C=O) groups is 2. The van der Waals surface area contributed by atoms with Crippen molar-refractivity contribution in [3.63, 3.8) is 0 Å². The first-order valence-corrected chi connectivity index (χ1v) is 11.5. The lowest BCUT2D eigenvalue weighted by atomic mass is 10.00. The van der Waals surface area contributed by atoms with Gasteiger partial charge in [0, 0.05) is 5.54 Å². The summed E-state index contributed by atoms with van der Waals surface area (Å²) in [4.78, 5) is 31.8. The second kappa shape index (κ2) is 7.26. The van der Waals surface area contributed by atoms with Crippen LogP contribution in [0.25, 0.3) is 0 Å². The van der Waals surface area contributed by atoms with E-state index in [-0.39, 0.29) is 12.1 Å². The number of rotatable bonds is 4. The molecule has 2 aliphatic rings. The molecule has 0 aromatic carbocycles. The van der Waals surface area contributed by atoms with Gasteiger partial charge in [-0.05, 0) is 46.8 Å². The van der Waals surface area contributed by atoms with Crippen LogP contribution in [0.5, 0.6) is 0 Å². The van der Waals surface area contributed by atoms with E-state index in [0.29, 0.717) is 5.71 Å². The minimum absolute atomic E-state index is 0.206. The van der Waals surface area contributed by atoms with Crippen molar-refractivity contribution in [2.75, 3.05) is 7.05 Å². The molecule has 2 heterocycles. The van der Waals surface area contributed by atoms with Crippen molar-refractivity contribution in [2.24, 2.45) is 0 Å². The van der Waals surface area contributed by atoms with Crippen LogP contribution in [-0.2, 0) is 21.4 Å². The van der Waals surface area contributed by atoms with Crippen LogP contribution >= 0.6 is 11.3 Å². The number of hydrogen-bond donors (Lipinski definition) is 1. The average Bonchev–Trinajstić information content (AvgIpc) is 2.91. The third-order valence-electron chi connectivity index (χ3n) is 4.50. The van der Waals surface area contributed by atoms with Crippen molar-refractivity contribution in [3.05, 3.63) is 39.4 Å². The summed E-state index contributed by atoms with van der Waals surface area (Å²) in [5.74, 6) is -0.515. The van der Waals surface area contributed by atoms with Crippen LogP contribution < -0.4 is 4.72 Å². The normalized spacial score (nSPS) is 20.3. The highest BCUT2D eigenvalue weighted by Crippen LogP contribution is 2.25. The predicted molar refractivity (Wildman–Crippen MR) is 112 cm³/mol. The highest BCUT2D eigenvalue weighted by molar-refractivity contribution is 7.90. The Hall–Kier alpha value is -2.17. The van der Waals surface area contributed by atoms with Gasteiger partial charge in [-0.3, -0.25) is 0 Å². The van der Waals surface area contributed by atoms with E-state index in [1.165, 1.54) is 35.1 Å². The molecule has 156 valence electrons. The average molecular weight is 438 g/mol. The number of hydrogen-bond acceptors (Lipinski definition) is 6. The van der Waals surface area contributed by atoms with Crippen LogP contribution in [-0.4, -0.2) is 58.4 Å². The molecule has 8 nitrogen and oxygen atoms in total. The highest BCUT2D eigenvalue weighted by atomic mass is 32.2. The van der Waals surface area contributed by atoms with Gasteiger partial charge in [0.1, 0.15) is 23.1 Å². The number of nitrogens with zero attached hydrogens (tertiary/aromatic N) is 3. The standard InChI is InChI=1S/C19H25N4O4S2/c1-11-16(28-12(2)20-11)10-23-15-8-7-13(29(26,27)21-19(3,4)5)9-14(15)17(24)22(6)18(23)25/h7-9,13,21H,10H2,1-6H3/q+1. The smallest absolute Gasteiger partial charge is 0.246 e. The zero-order chi connectivity index (χ0) is 21.7. The zero-order valence-corrected chi connectivity index (χ0v) is 18.9. The Morgan fingerprint density at radius 1 is 1.28 bits per heavy atom. The van der Waals surface area contributed by atoms with Gasteiger partial charge in [-0.1, -0.05) is 6.08 Å².